The van der Waals surface area contributed by atoms with E-state index >= 15 is 0 Å². The molecule has 1 heterocycles. The van der Waals surface area contributed by atoms with Gasteiger partial charge in [0, 0.05) is 22.5 Å². The molecular formula is C13H16BrClFN. The lowest BCUT2D eigenvalue weighted by atomic mass is 9.99. The molecule has 1 nitrogen and oxygen atoms in total. The number of rotatable bonds is 3. The van der Waals surface area contributed by atoms with E-state index in [1.165, 1.54) is 18.9 Å². The topological polar surface area (TPSA) is 3.24 Å². The van der Waals surface area contributed by atoms with Crippen LogP contribution in [0, 0.1) is 11.7 Å². The Labute approximate surface area is 115 Å². The number of hydrogen-bond donors (Lipinski definition) is 0. The summed E-state index contributed by atoms with van der Waals surface area (Å²) in [6.45, 7) is 2.68. The van der Waals surface area contributed by atoms with E-state index in [1.807, 2.05) is 0 Å². The predicted octanol–water partition coefficient (Wildman–Crippen LogP) is 4.09. The van der Waals surface area contributed by atoms with E-state index in [4.69, 9.17) is 11.6 Å². The number of alkyl halides is 1. The molecule has 0 amide bonds. The second-order valence-electron chi connectivity index (χ2n) is 4.57. The molecule has 1 saturated heterocycles. The van der Waals surface area contributed by atoms with Gasteiger partial charge in [-0.15, -0.1) is 0 Å². The molecular weight excluding hydrogens is 305 g/mol. The fraction of sp³-hybridized carbons (Fsp3) is 0.538. The second-order valence-corrected chi connectivity index (χ2v) is 5.63. The summed E-state index contributed by atoms with van der Waals surface area (Å²) < 4.78 is 13.6. The lowest BCUT2D eigenvalue weighted by Crippen LogP contribution is -2.34. The summed E-state index contributed by atoms with van der Waals surface area (Å²) in [6.07, 6.45) is 2.36. The maximum absolute atomic E-state index is 13.6. The van der Waals surface area contributed by atoms with Crippen molar-refractivity contribution in [1.29, 1.82) is 0 Å². The van der Waals surface area contributed by atoms with Crippen LogP contribution >= 0.6 is 27.5 Å². The molecule has 0 N–H and O–H groups in total. The molecule has 1 fully saturated rings. The third kappa shape index (κ3) is 3.43. The van der Waals surface area contributed by atoms with Crippen LogP contribution in [-0.2, 0) is 6.54 Å². The summed E-state index contributed by atoms with van der Waals surface area (Å²) in [5.74, 6) is 0.572. The van der Waals surface area contributed by atoms with Gasteiger partial charge in [-0.1, -0.05) is 33.6 Å². The Morgan fingerprint density at radius 3 is 2.65 bits per heavy atom. The Bertz CT molecular complexity index is 357. The summed E-state index contributed by atoms with van der Waals surface area (Å²) in [5, 5.41) is 1.61. The van der Waals surface area contributed by atoms with Gasteiger partial charge in [0.1, 0.15) is 5.82 Å². The van der Waals surface area contributed by atoms with Crippen molar-refractivity contribution < 1.29 is 4.39 Å². The summed E-state index contributed by atoms with van der Waals surface area (Å²) in [6, 6.07) is 4.88. The van der Waals surface area contributed by atoms with Crippen molar-refractivity contribution in [2.45, 2.75) is 19.4 Å². The molecule has 0 aliphatic carbocycles. The van der Waals surface area contributed by atoms with Crippen LogP contribution in [0.15, 0.2) is 18.2 Å². The van der Waals surface area contributed by atoms with Gasteiger partial charge < -0.3 is 0 Å². The fourth-order valence-corrected chi connectivity index (χ4v) is 3.08. The molecule has 1 aliphatic heterocycles. The monoisotopic (exact) mass is 319 g/mol. The molecule has 17 heavy (non-hydrogen) atoms. The highest BCUT2D eigenvalue weighted by atomic mass is 79.9. The van der Waals surface area contributed by atoms with Gasteiger partial charge in [0.05, 0.1) is 0 Å². The van der Waals surface area contributed by atoms with Crippen LogP contribution in [0.1, 0.15) is 18.4 Å². The standard InChI is InChI=1S/C13H16BrClFN/c14-8-10-4-6-17(7-5-10)9-11-12(15)2-1-3-13(11)16/h1-3,10H,4-9H2. The lowest BCUT2D eigenvalue weighted by molar-refractivity contribution is 0.185. The van der Waals surface area contributed by atoms with Crippen molar-refractivity contribution in [3.63, 3.8) is 0 Å². The smallest absolute Gasteiger partial charge is 0.129 e. The molecule has 2 rings (SSSR count). The molecule has 0 saturated carbocycles. The molecule has 0 bridgehead atoms. The van der Waals surface area contributed by atoms with Crippen LogP contribution < -0.4 is 0 Å². The Morgan fingerprint density at radius 1 is 1.35 bits per heavy atom. The Kier molecular flexibility index (Phi) is 4.83. The molecule has 0 unspecified atom stereocenters. The van der Waals surface area contributed by atoms with Gasteiger partial charge in [-0.2, -0.15) is 0 Å². The van der Waals surface area contributed by atoms with E-state index in [0.717, 1.165) is 24.3 Å². The van der Waals surface area contributed by atoms with Gasteiger partial charge in [0.25, 0.3) is 0 Å². The lowest BCUT2D eigenvalue weighted by Gasteiger charge is -2.31. The molecule has 0 radical (unpaired) electrons. The van der Waals surface area contributed by atoms with Crippen LogP contribution in [0.4, 0.5) is 4.39 Å². The minimum absolute atomic E-state index is 0.194. The minimum Gasteiger partial charge on any atom is -0.299 e. The third-order valence-corrected chi connectivity index (χ3v) is 4.64. The van der Waals surface area contributed by atoms with Crippen molar-refractivity contribution in [3.8, 4) is 0 Å². The van der Waals surface area contributed by atoms with Crippen LogP contribution in [0.3, 0.4) is 0 Å². The van der Waals surface area contributed by atoms with Crippen molar-refractivity contribution in [2.75, 3.05) is 18.4 Å². The number of piperidine rings is 1. The van der Waals surface area contributed by atoms with E-state index in [0.29, 0.717) is 17.1 Å². The number of likely N-dealkylation sites (tertiary alicyclic amines) is 1. The molecule has 4 heteroatoms. The Balaban J connectivity index is 1.98. The highest BCUT2D eigenvalue weighted by Gasteiger charge is 2.20. The fourth-order valence-electron chi connectivity index (χ4n) is 2.21. The van der Waals surface area contributed by atoms with Crippen molar-refractivity contribution in [1.82, 2.24) is 4.90 Å². The van der Waals surface area contributed by atoms with Gasteiger partial charge >= 0.3 is 0 Å². The van der Waals surface area contributed by atoms with Gasteiger partial charge in [0.15, 0.2) is 0 Å². The number of nitrogens with zero attached hydrogens (tertiary/aromatic N) is 1. The Morgan fingerprint density at radius 2 is 2.06 bits per heavy atom. The quantitative estimate of drug-likeness (QED) is 0.758. The molecule has 0 aromatic heterocycles. The summed E-state index contributed by atoms with van der Waals surface area (Å²) >= 11 is 9.55. The van der Waals surface area contributed by atoms with Crippen LogP contribution in [0.5, 0.6) is 0 Å². The number of halogens is 3. The van der Waals surface area contributed by atoms with E-state index in [1.54, 1.807) is 12.1 Å². The first-order valence-electron chi connectivity index (χ1n) is 5.92. The highest BCUT2D eigenvalue weighted by Crippen LogP contribution is 2.24. The third-order valence-electron chi connectivity index (χ3n) is 3.37. The van der Waals surface area contributed by atoms with E-state index in [-0.39, 0.29) is 5.82 Å². The van der Waals surface area contributed by atoms with Gasteiger partial charge in [-0.05, 0) is 44.0 Å². The van der Waals surface area contributed by atoms with Crippen molar-refractivity contribution >= 4 is 27.5 Å². The summed E-state index contributed by atoms with van der Waals surface area (Å²) in [5.41, 5.74) is 0.631. The first kappa shape index (κ1) is 13.3. The van der Waals surface area contributed by atoms with Crippen LogP contribution in [-0.4, -0.2) is 23.3 Å². The van der Waals surface area contributed by atoms with Gasteiger partial charge in [-0.3, -0.25) is 4.90 Å². The van der Waals surface area contributed by atoms with Gasteiger partial charge in [-0.25, -0.2) is 4.39 Å². The maximum Gasteiger partial charge on any atom is 0.129 e. The van der Waals surface area contributed by atoms with Crippen molar-refractivity contribution in [3.05, 3.63) is 34.6 Å². The Hall–Kier alpha value is -0.120. The maximum atomic E-state index is 13.6. The average Bonchev–Trinajstić information content (AvgIpc) is 2.35. The molecule has 1 aliphatic rings. The zero-order valence-corrected chi connectivity index (χ0v) is 12.0. The summed E-state index contributed by atoms with van der Waals surface area (Å²) in [7, 11) is 0. The second kappa shape index (κ2) is 6.17. The first-order chi connectivity index (χ1) is 8.20. The predicted molar refractivity (Wildman–Crippen MR) is 73.2 cm³/mol. The molecule has 0 spiro atoms. The van der Waals surface area contributed by atoms with E-state index in [2.05, 4.69) is 20.8 Å². The first-order valence-corrected chi connectivity index (χ1v) is 7.42. The zero-order valence-electron chi connectivity index (χ0n) is 9.63. The van der Waals surface area contributed by atoms with E-state index in [9.17, 15) is 4.39 Å². The normalized spacial score (nSPS) is 18.5. The van der Waals surface area contributed by atoms with E-state index < -0.39 is 0 Å². The molecule has 1 aromatic carbocycles. The number of hydrogen-bond acceptors (Lipinski definition) is 1. The molecule has 94 valence electrons. The molecule has 0 atom stereocenters. The van der Waals surface area contributed by atoms with Crippen LogP contribution in [0.2, 0.25) is 5.02 Å². The largest absolute Gasteiger partial charge is 0.299 e. The van der Waals surface area contributed by atoms with Crippen LogP contribution in [0.25, 0.3) is 0 Å². The average molecular weight is 321 g/mol. The van der Waals surface area contributed by atoms with Crippen molar-refractivity contribution in [2.24, 2.45) is 5.92 Å². The molecule has 1 aromatic rings. The number of benzene rings is 1. The minimum atomic E-state index is -0.194. The highest BCUT2D eigenvalue weighted by molar-refractivity contribution is 9.09. The van der Waals surface area contributed by atoms with Gasteiger partial charge in [0.2, 0.25) is 0 Å². The summed E-state index contributed by atoms with van der Waals surface area (Å²) in [4.78, 5) is 2.28. The SMILES string of the molecule is Fc1cccc(Cl)c1CN1CCC(CBr)CC1. The zero-order chi connectivity index (χ0) is 12.3.